The quantitative estimate of drug-likeness (QED) is 0.929. The van der Waals surface area contributed by atoms with Gasteiger partial charge in [0.1, 0.15) is 0 Å². The van der Waals surface area contributed by atoms with Crippen molar-refractivity contribution >= 4 is 0 Å². The Balaban J connectivity index is 1.71. The minimum atomic E-state index is -0.610. The first kappa shape index (κ1) is 16.9. The average Bonchev–Trinajstić information content (AvgIpc) is 3.08. The first-order valence-electron chi connectivity index (χ1n) is 8.85. The van der Waals surface area contributed by atoms with E-state index in [2.05, 4.69) is 37.0 Å². The minimum Gasteiger partial charge on any atom is -0.390 e. The summed E-state index contributed by atoms with van der Waals surface area (Å²) in [5, 5.41) is 15.3. The fourth-order valence-electron chi connectivity index (χ4n) is 3.93. The lowest BCUT2D eigenvalue weighted by molar-refractivity contribution is -0.123. The highest BCUT2D eigenvalue weighted by atomic mass is 16.5. The lowest BCUT2D eigenvalue weighted by atomic mass is 9.79. The molecule has 2 saturated heterocycles. The second-order valence-corrected chi connectivity index (χ2v) is 8.43. The molecule has 1 aromatic rings. The van der Waals surface area contributed by atoms with Crippen LogP contribution in [0.1, 0.15) is 52.5 Å². The van der Waals surface area contributed by atoms with Gasteiger partial charge in [0.15, 0.2) is 0 Å². The van der Waals surface area contributed by atoms with Gasteiger partial charge in [-0.1, -0.05) is 0 Å². The number of aliphatic hydroxyl groups is 1. The number of likely N-dealkylation sites (tertiary alicyclic amines) is 1. The molecule has 0 unspecified atom stereocenters. The molecule has 2 aliphatic rings. The molecule has 1 N–H and O–H groups in total. The van der Waals surface area contributed by atoms with Crippen molar-refractivity contribution in [2.24, 2.45) is 5.92 Å². The van der Waals surface area contributed by atoms with E-state index in [1.54, 1.807) is 0 Å². The molecule has 3 heterocycles. The molecule has 130 valence electrons. The van der Waals surface area contributed by atoms with Crippen LogP contribution in [0.4, 0.5) is 0 Å². The Hall–Kier alpha value is -0.910. The Morgan fingerprint density at radius 3 is 2.87 bits per heavy atom. The maximum atomic E-state index is 10.8. The molecule has 3 rings (SSSR count). The molecule has 0 aliphatic carbocycles. The number of hydrogen-bond donors (Lipinski definition) is 1. The first-order valence-corrected chi connectivity index (χ1v) is 8.85. The zero-order valence-corrected chi connectivity index (χ0v) is 15.0. The van der Waals surface area contributed by atoms with Crippen LogP contribution in [-0.2, 0) is 16.8 Å². The van der Waals surface area contributed by atoms with E-state index in [1.165, 1.54) is 12.0 Å². The van der Waals surface area contributed by atoms with Crippen molar-refractivity contribution in [2.45, 2.75) is 70.7 Å². The van der Waals surface area contributed by atoms with Crippen molar-refractivity contribution in [1.29, 1.82) is 0 Å². The van der Waals surface area contributed by atoms with Crippen LogP contribution in [0.15, 0.2) is 12.4 Å². The number of rotatable bonds is 3. The summed E-state index contributed by atoms with van der Waals surface area (Å²) in [7, 11) is 0. The molecule has 0 aromatic carbocycles. The molecule has 2 fully saturated rings. The van der Waals surface area contributed by atoms with Crippen molar-refractivity contribution < 1.29 is 9.84 Å². The van der Waals surface area contributed by atoms with Crippen molar-refractivity contribution in [3.05, 3.63) is 18.0 Å². The lowest BCUT2D eigenvalue weighted by Crippen LogP contribution is -2.52. The van der Waals surface area contributed by atoms with E-state index in [-0.39, 0.29) is 11.5 Å². The fourth-order valence-corrected chi connectivity index (χ4v) is 3.93. The number of aromatic nitrogens is 2. The Kier molecular flexibility index (Phi) is 4.55. The minimum absolute atomic E-state index is 0.0174. The second-order valence-electron chi connectivity index (χ2n) is 8.43. The molecule has 0 bridgehead atoms. The van der Waals surface area contributed by atoms with Crippen molar-refractivity contribution in [1.82, 2.24) is 14.7 Å². The summed E-state index contributed by atoms with van der Waals surface area (Å²) >= 11 is 0. The maximum absolute atomic E-state index is 10.8. The van der Waals surface area contributed by atoms with Crippen molar-refractivity contribution in [3.63, 3.8) is 0 Å². The molecule has 0 saturated carbocycles. The van der Waals surface area contributed by atoms with Gasteiger partial charge in [-0.25, -0.2) is 0 Å². The molecule has 23 heavy (non-hydrogen) atoms. The van der Waals surface area contributed by atoms with Gasteiger partial charge in [0.25, 0.3) is 0 Å². The Bertz CT molecular complexity index is 533. The molecule has 2 aliphatic heterocycles. The van der Waals surface area contributed by atoms with E-state index in [4.69, 9.17) is 4.74 Å². The maximum Gasteiger partial charge on any atom is 0.0706 e. The van der Waals surface area contributed by atoms with Crippen LogP contribution < -0.4 is 0 Å². The summed E-state index contributed by atoms with van der Waals surface area (Å²) in [5.74, 6) is 0.205. The molecular formula is C18H31N3O2. The third-order valence-electron chi connectivity index (χ3n) is 5.44. The van der Waals surface area contributed by atoms with Gasteiger partial charge in [0.05, 0.1) is 23.9 Å². The summed E-state index contributed by atoms with van der Waals surface area (Å²) in [6.07, 6.45) is 7.23. The van der Waals surface area contributed by atoms with Gasteiger partial charge in [-0.15, -0.1) is 0 Å². The Morgan fingerprint density at radius 1 is 1.43 bits per heavy atom. The van der Waals surface area contributed by atoms with Crippen LogP contribution in [0.2, 0.25) is 0 Å². The number of hydrogen-bond acceptors (Lipinski definition) is 4. The van der Waals surface area contributed by atoms with E-state index >= 15 is 0 Å². The predicted octanol–water partition coefficient (Wildman–Crippen LogP) is 2.39. The highest BCUT2D eigenvalue weighted by molar-refractivity contribution is 5.07. The Morgan fingerprint density at radius 2 is 2.22 bits per heavy atom. The van der Waals surface area contributed by atoms with E-state index in [1.807, 2.05) is 17.8 Å². The smallest absolute Gasteiger partial charge is 0.0706 e. The molecule has 5 heteroatoms. The molecular weight excluding hydrogens is 290 g/mol. The summed E-state index contributed by atoms with van der Waals surface area (Å²) in [6.45, 7) is 11.8. The molecule has 3 atom stereocenters. The predicted molar refractivity (Wildman–Crippen MR) is 90.2 cm³/mol. The normalized spacial score (nSPS) is 33.3. The SMILES string of the molecule is CC(C)(C)n1cc(CN2CCC[C@@H]2[C@@H]2COCC[C@]2(C)O)cn1. The summed E-state index contributed by atoms with van der Waals surface area (Å²) in [5.41, 5.74) is 0.660. The zero-order chi connectivity index (χ0) is 16.7. The van der Waals surface area contributed by atoms with E-state index in [0.29, 0.717) is 19.3 Å². The molecule has 0 amide bonds. The fraction of sp³-hybridized carbons (Fsp3) is 0.833. The van der Waals surface area contributed by atoms with Crippen molar-refractivity contribution in [3.8, 4) is 0 Å². The van der Waals surface area contributed by atoms with Gasteiger partial charge in [-0.3, -0.25) is 9.58 Å². The van der Waals surface area contributed by atoms with Gasteiger partial charge >= 0.3 is 0 Å². The molecule has 0 radical (unpaired) electrons. The topological polar surface area (TPSA) is 50.5 Å². The standard InChI is InChI=1S/C18H31N3O2/c1-17(2,3)21-12-14(10-19-21)11-20-8-5-6-16(20)15-13-23-9-7-18(15,4)22/h10,12,15-16,22H,5-9,11,13H2,1-4H3/t15-,16+,18-/m0/s1. The largest absolute Gasteiger partial charge is 0.390 e. The van der Waals surface area contributed by atoms with Gasteiger partial charge < -0.3 is 9.84 Å². The second kappa shape index (κ2) is 6.19. The molecule has 1 aromatic heterocycles. The molecule has 5 nitrogen and oxygen atoms in total. The third-order valence-corrected chi connectivity index (χ3v) is 5.44. The van der Waals surface area contributed by atoms with Crippen LogP contribution in [0.3, 0.4) is 0 Å². The first-order chi connectivity index (χ1) is 10.8. The molecule has 0 spiro atoms. The number of ether oxygens (including phenoxy) is 1. The van der Waals surface area contributed by atoms with Gasteiger partial charge in [-0.2, -0.15) is 5.10 Å². The summed E-state index contributed by atoms with van der Waals surface area (Å²) in [4.78, 5) is 2.51. The van der Waals surface area contributed by atoms with Crippen LogP contribution in [-0.4, -0.2) is 51.2 Å². The summed E-state index contributed by atoms with van der Waals surface area (Å²) in [6, 6.07) is 0.406. The zero-order valence-electron chi connectivity index (χ0n) is 15.0. The van der Waals surface area contributed by atoms with Crippen molar-refractivity contribution in [2.75, 3.05) is 19.8 Å². The van der Waals surface area contributed by atoms with Gasteiger partial charge in [-0.05, 0) is 53.5 Å². The van der Waals surface area contributed by atoms with Gasteiger partial charge in [0.2, 0.25) is 0 Å². The van der Waals surface area contributed by atoms with Crippen LogP contribution in [0.5, 0.6) is 0 Å². The highest BCUT2D eigenvalue weighted by Gasteiger charge is 2.44. The van der Waals surface area contributed by atoms with Crippen LogP contribution >= 0.6 is 0 Å². The van der Waals surface area contributed by atoms with E-state index < -0.39 is 5.60 Å². The van der Waals surface area contributed by atoms with Gasteiger partial charge in [0, 0.05) is 36.9 Å². The van der Waals surface area contributed by atoms with Crippen LogP contribution in [0.25, 0.3) is 0 Å². The Labute approximate surface area is 139 Å². The van der Waals surface area contributed by atoms with Crippen LogP contribution in [0, 0.1) is 5.92 Å². The third kappa shape index (κ3) is 3.62. The number of nitrogens with zero attached hydrogens (tertiary/aromatic N) is 3. The highest BCUT2D eigenvalue weighted by Crippen LogP contribution is 2.36. The average molecular weight is 321 g/mol. The van der Waals surface area contributed by atoms with E-state index in [0.717, 1.165) is 25.9 Å². The summed E-state index contributed by atoms with van der Waals surface area (Å²) < 4.78 is 7.71. The van der Waals surface area contributed by atoms with E-state index in [9.17, 15) is 5.11 Å². The monoisotopic (exact) mass is 321 g/mol. The lowest BCUT2D eigenvalue weighted by Gasteiger charge is -2.43.